The largest absolute Gasteiger partial charge is 0.480 e. The highest BCUT2D eigenvalue weighted by atomic mass is 35.5. The van der Waals surface area contributed by atoms with E-state index < -0.39 is 22.5 Å². The summed E-state index contributed by atoms with van der Waals surface area (Å²) in [5.74, 6) is -1.70. The first-order chi connectivity index (χ1) is 19.1. The molecule has 10 nitrogen and oxygen atoms in total. The Bertz CT molecular complexity index is 1890. The molecule has 4 aromatic carbocycles. The molecule has 0 bridgehead atoms. The van der Waals surface area contributed by atoms with Gasteiger partial charge in [0.15, 0.2) is 0 Å². The van der Waals surface area contributed by atoms with Crippen molar-refractivity contribution in [2.75, 3.05) is 10.8 Å². The number of sulfonamides is 1. The molecule has 5 rings (SSSR count). The molecule has 0 saturated carbocycles. The SMILES string of the molecule is Cl.N=C(N)c1ccc(CNC(=O)c2cccc3cc(N(CC(=O)O)S(=O)(=O)c4cccc5scnc45)ccc23)cc1. The van der Waals surface area contributed by atoms with E-state index in [0.29, 0.717) is 26.6 Å². The minimum atomic E-state index is -4.29. The lowest BCUT2D eigenvalue weighted by Crippen LogP contribution is -2.35. The van der Waals surface area contributed by atoms with Crippen molar-refractivity contribution in [3.63, 3.8) is 0 Å². The Labute approximate surface area is 245 Å². The predicted molar refractivity (Wildman–Crippen MR) is 162 cm³/mol. The van der Waals surface area contributed by atoms with Gasteiger partial charge < -0.3 is 16.2 Å². The standard InChI is InChI=1S/C28H23N5O5S2.ClH/c29-27(30)18-9-7-17(8-10-18)14-31-28(36)22-4-1-3-19-13-20(11-12-21(19)22)33(15-25(34)35)40(37,38)24-6-2-5-23-26(24)32-16-39-23;/h1-13,16H,14-15H2,(H3,29,30)(H,31,36)(H,34,35);1H. The van der Waals surface area contributed by atoms with E-state index in [1.807, 2.05) is 0 Å². The number of nitrogens with one attached hydrogen (secondary N) is 2. The molecule has 0 aliphatic carbocycles. The number of nitrogens with two attached hydrogens (primary N) is 1. The number of nitrogen functional groups attached to an aromatic ring is 1. The van der Waals surface area contributed by atoms with Crippen LogP contribution in [0.3, 0.4) is 0 Å². The second-order valence-corrected chi connectivity index (χ2v) is 11.6. The van der Waals surface area contributed by atoms with E-state index in [0.717, 1.165) is 9.87 Å². The number of rotatable bonds is 9. The second kappa shape index (κ2) is 11.9. The quantitative estimate of drug-likeness (QED) is 0.142. The molecule has 5 aromatic rings. The van der Waals surface area contributed by atoms with Crippen LogP contribution in [0.2, 0.25) is 0 Å². The van der Waals surface area contributed by atoms with Crippen molar-refractivity contribution in [1.29, 1.82) is 5.41 Å². The highest BCUT2D eigenvalue weighted by Crippen LogP contribution is 2.32. The molecular weight excluding hydrogens is 586 g/mol. The van der Waals surface area contributed by atoms with Gasteiger partial charge in [0.25, 0.3) is 15.9 Å². The van der Waals surface area contributed by atoms with E-state index in [2.05, 4.69) is 10.3 Å². The number of amidine groups is 1. The van der Waals surface area contributed by atoms with Crippen molar-refractivity contribution >= 4 is 78.2 Å². The van der Waals surface area contributed by atoms with Crippen molar-refractivity contribution in [2.24, 2.45) is 5.73 Å². The van der Waals surface area contributed by atoms with Gasteiger partial charge in [0.1, 0.15) is 22.8 Å². The zero-order valence-corrected chi connectivity index (χ0v) is 23.7. The third-order valence-electron chi connectivity index (χ3n) is 6.28. The Morgan fingerprint density at radius 1 is 1.02 bits per heavy atom. The van der Waals surface area contributed by atoms with Crippen molar-refractivity contribution in [1.82, 2.24) is 10.3 Å². The number of anilines is 1. The summed E-state index contributed by atoms with van der Waals surface area (Å²) in [4.78, 5) is 28.9. The summed E-state index contributed by atoms with van der Waals surface area (Å²) in [6, 6.07) is 21.4. The summed E-state index contributed by atoms with van der Waals surface area (Å²) in [6.07, 6.45) is 0. The van der Waals surface area contributed by atoms with E-state index in [4.69, 9.17) is 11.1 Å². The number of carboxylic acid groups (broad SMARTS) is 1. The molecule has 41 heavy (non-hydrogen) atoms. The topological polar surface area (TPSA) is 167 Å². The lowest BCUT2D eigenvalue weighted by Gasteiger charge is -2.23. The minimum absolute atomic E-state index is 0. The molecule has 13 heteroatoms. The van der Waals surface area contributed by atoms with E-state index in [1.54, 1.807) is 66.7 Å². The number of aromatic nitrogens is 1. The molecule has 0 aliphatic heterocycles. The zero-order chi connectivity index (χ0) is 28.4. The fourth-order valence-electron chi connectivity index (χ4n) is 4.33. The number of hydrogen-bond acceptors (Lipinski definition) is 7. The molecule has 0 aliphatic rings. The first kappa shape index (κ1) is 29.5. The number of carbonyl (C=O) groups excluding carboxylic acids is 1. The van der Waals surface area contributed by atoms with Crippen LogP contribution in [0.25, 0.3) is 21.0 Å². The molecule has 1 amide bonds. The van der Waals surface area contributed by atoms with Crippen molar-refractivity contribution in [3.8, 4) is 0 Å². The monoisotopic (exact) mass is 609 g/mol. The summed E-state index contributed by atoms with van der Waals surface area (Å²) >= 11 is 1.29. The van der Waals surface area contributed by atoms with Crippen molar-refractivity contribution in [3.05, 3.63) is 101 Å². The zero-order valence-electron chi connectivity index (χ0n) is 21.3. The predicted octanol–water partition coefficient (Wildman–Crippen LogP) is 4.37. The summed E-state index contributed by atoms with van der Waals surface area (Å²) in [6.45, 7) is -0.546. The van der Waals surface area contributed by atoms with Crippen LogP contribution < -0.4 is 15.4 Å². The van der Waals surface area contributed by atoms with Gasteiger partial charge >= 0.3 is 5.97 Å². The van der Waals surface area contributed by atoms with E-state index in [9.17, 15) is 23.1 Å². The first-order valence-corrected chi connectivity index (χ1v) is 14.3. The number of nitrogens with zero attached hydrogens (tertiary/aromatic N) is 2. The maximum atomic E-state index is 13.7. The average Bonchev–Trinajstić information content (AvgIpc) is 3.43. The van der Waals surface area contributed by atoms with Crippen LogP contribution in [0.1, 0.15) is 21.5 Å². The molecule has 0 saturated heterocycles. The van der Waals surface area contributed by atoms with Gasteiger partial charge in [-0.25, -0.2) is 13.4 Å². The lowest BCUT2D eigenvalue weighted by molar-refractivity contribution is -0.135. The third kappa shape index (κ3) is 5.99. The van der Waals surface area contributed by atoms with E-state index >= 15 is 0 Å². The molecule has 0 spiro atoms. The summed E-state index contributed by atoms with van der Waals surface area (Å²) in [7, 11) is -4.29. The van der Waals surface area contributed by atoms with Crippen LogP contribution in [0.4, 0.5) is 5.69 Å². The van der Waals surface area contributed by atoms with E-state index in [1.165, 1.54) is 29.0 Å². The number of hydrogen-bond donors (Lipinski definition) is 4. The van der Waals surface area contributed by atoms with Gasteiger partial charge in [0.2, 0.25) is 0 Å². The Morgan fingerprint density at radius 2 is 1.76 bits per heavy atom. The number of aliphatic carboxylic acids is 1. The Morgan fingerprint density at radius 3 is 2.46 bits per heavy atom. The Balaban J connectivity index is 0.00000387. The number of thiazole rings is 1. The van der Waals surface area contributed by atoms with Gasteiger partial charge in [0.05, 0.1) is 15.9 Å². The van der Waals surface area contributed by atoms with E-state index in [-0.39, 0.29) is 46.8 Å². The summed E-state index contributed by atoms with van der Waals surface area (Å²) < 4.78 is 28.9. The number of carboxylic acids is 1. The highest BCUT2D eigenvalue weighted by molar-refractivity contribution is 7.93. The van der Waals surface area contributed by atoms with Crippen LogP contribution in [-0.2, 0) is 21.4 Å². The molecule has 0 fully saturated rings. The molecule has 0 radical (unpaired) electrons. The number of carbonyl (C=O) groups is 2. The molecule has 5 N–H and O–H groups in total. The normalized spacial score (nSPS) is 11.1. The summed E-state index contributed by atoms with van der Waals surface area (Å²) in [5, 5.41) is 21.1. The van der Waals surface area contributed by atoms with Gasteiger partial charge in [-0.05, 0) is 46.7 Å². The third-order valence-corrected chi connectivity index (χ3v) is 8.88. The number of amides is 1. The molecule has 0 unspecified atom stereocenters. The smallest absolute Gasteiger partial charge is 0.324 e. The number of para-hydroxylation sites is 1. The molecule has 1 heterocycles. The van der Waals surface area contributed by atoms with Gasteiger partial charge in [0, 0.05) is 17.7 Å². The first-order valence-electron chi connectivity index (χ1n) is 12.0. The van der Waals surface area contributed by atoms with Gasteiger partial charge in [-0.2, -0.15) is 0 Å². The second-order valence-electron chi connectivity index (χ2n) is 8.86. The fraction of sp³-hybridized carbons (Fsp3) is 0.0714. The maximum Gasteiger partial charge on any atom is 0.324 e. The Kier molecular flexibility index (Phi) is 8.57. The molecule has 0 atom stereocenters. The van der Waals surface area contributed by atoms with Gasteiger partial charge in [-0.1, -0.05) is 48.5 Å². The number of fused-ring (bicyclic) bond motifs is 2. The van der Waals surface area contributed by atoms with Crippen LogP contribution >= 0.6 is 23.7 Å². The van der Waals surface area contributed by atoms with Crippen LogP contribution in [0, 0.1) is 5.41 Å². The van der Waals surface area contributed by atoms with Crippen LogP contribution in [-0.4, -0.2) is 42.8 Å². The Hall–Kier alpha value is -4.52. The molecule has 1 aromatic heterocycles. The molecular formula is C28H24ClN5O5S2. The number of benzene rings is 4. The maximum absolute atomic E-state index is 13.7. The molecule has 210 valence electrons. The average molecular weight is 610 g/mol. The number of halogens is 1. The highest BCUT2D eigenvalue weighted by Gasteiger charge is 2.30. The van der Waals surface area contributed by atoms with Crippen molar-refractivity contribution in [2.45, 2.75) is 11.4 Å². The lowest BCUT2D eigenvalue weighted by atomic mass is 10.0. The van der Waals surface area contributed by atoms with Crippen LogP contribution in [0.5, 0.6) is 0 Å². The van der Waals surface area contributed by atoms with Crippen LogP contribution in [0.15, 0.2) is 89.3 Å². The minimum Gasteiger partial charge on any atom is -0.480 e. The fourth-order valence-corrected chi connectivity index (χ4v) is 6.66. The summed E-state index contributed by atoms with van der Waals surface area (Å²) in [5.41, 5.74) is 9.23. The van der Waals surface area contributed by atoms with Crippen molar-refractivity contribution < 1.29 is 23.1 Å². The van der Waals surface area contributed by atoms with Gasteiger partial charge in [-0.3, -0.25) is 19.3 Å². The van der Waals surface area contributed by atoms with Gasteiger partial charge in [-0.15, -0.1) is 23.7 Å².